The molecule has 3 aromatic rings. The highest BCUT2D eigenvalue weighted by atomic mass is 15.3. The van der Waals surface area contributed by atoms with Crippen molar-refractivity contribution in [2.24, 2.45) is 0 Å². The number of nitrogens with one attached hydrogen (secondary N) is 1. The van der Waals surface area contributed by atoms with Gasteiger partial charge in [0, 0.05) is 11.6 Å². The molecular weight excluding hydrogens is 198 g/mol. The van der Waals surface area contributed by atoms with E-state index in [1.165, 1.54) is 11.1 Å². The van der Waals surface area contributed by atoms with Gasteiger partial charge < -0.3 is 4.98 Å². The minimum atomic E-state index is 0.810. The van der Waals surface area contributed by atoms with Crippen molar-refractivity contribution in [2.45, 2.75) is 13.5 Å². The summed E-state index contributed by atoms with van der Waals surface area (Å²) >= 11 is 0. The van der Waals surface area contributed by atoms with Crippen LogP contribution in [0, 0.1) is 6.92 Å². The van der Waals surface area contributed by atoms with Gasteiger partial charge in [-0.2, -0.15) is 5.10 Å². The van der Waals surface area contributed by atoms with Crippen LogP contribution >= 0.6 is 0 Å². The minimum Gasteiger partial charge on any atom is -0.346 e. The summed E-state index contributed by atoms with van der Waals surface area (Å²) in [6.45, 7) is 2.91. The van der Waals surface area contributed by atoms with Gasteiger partial charge in [-0.3, -0.25) is 0 Å². The summed E-state index contributed by atoms with van der Waals surface area (Å²) in [4.78, 5) is 3.20. The van der Waals surface area contributed by atoms with Gasteiger partial charge in [-0.15, -0.1) is 0 Å². The Morgan fingerprint density at radius 3 is 2.81 bits per heavy atom. The summed E-state index contributed by atoms with van der Waals surface area (Å²) in [6, 6.07) is 10.6. The molecule has 80 valence electrons. The second-order valence-electron chi connectivity index (χ2n) is 4.07. The molecule has 0 spiro atoms. The molecule has 1 aromatic carbocycles. The Morgan fingerprint density at radius 2 is 2.00 bits per heavy atom. The number of aryl methyl sites for hydroxylation is 1. The first-order valence-corrected chi connectivity index (χ1v) is 5.37. The van der Waals surface area contributed by atoms with E-state index in [0.29, 0.717) is 0 Å². The van der Waals surface area contributed by atoms with Crippen LogP contribution in [0.1, 0.15) is 11.1 Å². The molecule has 16 heavy (non-hydrogen) atoms. The number of hydrogen-bond acceptors (Lipinski definition) is 1. The van der Waals surface area contributed by atoms with Gasteiger partial charge in [0.25, 0.3) is 0 Å². The van der Waals surface area contributed by atoms with E-state index >= 15 is 0 Å². The van der Waals surface area contributed by atoms with E-state index in [-0.39, 0.29) is 0 Å². The van der Waals surface area contributed by atoms with Crippen molar-refractivity contribution in [2.75, 3.05) is 0 Å². The predicted octanol–water partition coefficient (Wildman–Crippen LogP) is 2.72. The van der Waals surface area contributed by atoms with Crippen molar-refractivity contribution in [1.29, 1.82) is 0 Å². The lowest BCUT2D eigenvalue weighted by Crippen LogP contribution is -2.01. The van der Waals surface area contributed by atoms with Crippen LogP contribution in [-0.2, 0) is 6.54 Å². The van der Waals surface area contributed by atoms with Crippen LogP contribution in [0.15, 0.2) is 42.7 Å². The zero-order valence-corrected chi connectivity index (χ0v) is 9.14. The number of H-pyrrole nitrogens is 1. The molecule has 1 N–H and O–H groups in total. The smallest absolute Gasteiger partial charge is 0.135 e. The fourth-order valence-corrected chi connectivity index (χ4v) is 1.88. The molecule has 0 saturated carbocycles. The first-order valence-electron chi connectivity index (χ1n) is 5.37. The zero-order valence-electron chi connectivity index (χ0n) is 9.14. The number of benzene rings is 1. The van der Waals surface area contributed by atoms with Crippen molar-refractivity contribution in [3.8, 4) is 0 Å². The number of rotatable bonds is 2. The van der Waals surface area contributed by atoms with Crippen LogP contribution in [0.2, 0.25) is 0 Å². The molecule has 0 unspecified atom stereocenters. The van der Waals surface area contributed by atoms with Gasteiger partial charge in [0.2, 0.25) is 0 Å². The summed E-state index contributed by atoms with van der Waals surface area (Å²) in [7, 11) is 0. The molecule has 0 bridgehead atoms. The summed E-state index contributed by atoms with van der Waals surface area (Å²) in [5, 5.41) is 5.52. The van der Waals surface area contributed by atoms with Crippen LogP contribution in [0.5, 0.6) is 0 Å². The first-order chi connectivity index (χ1) is 7.83. The average Bonchev–Trinajstić information content (AvgIpc) is 2.86. The lowest BCUT2D eigenvalue weighted by molar-refractivity contribution is 0.704. The van der Waals surface area contributed by atoms with Crippen LogP contribution in [-0.4, -0.2) is 14.8 Å². The SMILES string of the molecule is Cc1ccc(Cn2ncc3cc[nH]c32)cc1. The summed E-state index contributed by atoms with van der Waals surface area (Å²) in [5.41, 5.74) is 3.64. The Morgan fingerprint density at radius 1 is 1.19 bits per heavy atom. The van der Waals surface area contributed by atoms with E-state index in [0.717, 1.165) is 17.6 Å². The molecule has 3 nitrogen and oxygen atoms in total. The van der Waals surface area contributed by atoms with Crippen molar-refractivity contribution in [3.05, 3.63) is 53.9 Å². The van der Waals surface area contributed by atoms with Crippen LogP contribution in [0.25, 0.3) is 11.0 Å². The van der Waals surface area contributed by atoms with Crippen molar-refractivity contribution in [3.63, 3.8) is 0 Å². The summed E-state index contributed by atoms with van der Waals surface area (Å²) in [5.74, 6) is 0. The van der Waals surface area contributed by atoms with Gasteiger partial charge >= 0.3 is 0 Å². The molecule has 0 aliphatic heterocycles. The molecule has 0 fully saturated rings. The van der Waals surface area contributed by atoms with Gasteiger partial charge in [-0.25, -0.2) is 4.68 Å². The van der Waals surface area contributed by atoms with Crippen LogP contribution < -0.4 is 0 Å². The second kappa shape index (κ2) is 3.52. The van der Waals surface area contributed by atoms with Crippen molar-refractivity contribution in [1.82, 2.24) is 14.8 Å². The maximum Gasteiger partial charge on any atom is 0.135 e. The Hall–Kier alpha value is -2.03. The number of nitrogens with zero attached hydrogens (tertiary/aromatic N) is 2. The van der Waals surface area contributed by atoms with Gasteiger partial charge in [-0.05, 0) is 18.6 Å². The molecule has 0 atom stereocenters. The lowest BCUT2D eigenvalue weighted by atomic mass is 10.1. The van der Waals surface area contributed by atoms with Crippen LogP contribution in [0.3, 0.4) is 0 Å². The van der Waals surface area contributed by atoms with E-state index < -0.39 is 0 Å². The molecule has 2 heterocycles. The molecular formula is C13H13N3. The summed E-state index contributed by atoms with van der Waals surface area (Å²) < 4.78 is 1.99. The predicted molar refractivity (Wildman–Crippen MR) is 64.4 cm³/mol. The number of aromatic nitrogens is 3. The highest BCUT2D eigenvalue weighted by Gasteiger charge is 2.03. The highest BCUT2D eigenvalue weighted by molar-refractivity contribution is 5.75. The molecule has 0 aliphatic rings. The Balaban J connectivity index is 1.95. The third-order valence-corrected chi connectivity index (χ3v) is 2.80. The Labute approximate surface area is 93.7 Å². The maximum atomic E-state index is 4.36. The molecule has 2 aromatic heterocycles. The average molecular weight is 211 g/mol. The molecule has 0 saturated heterocycles. The molecule has 3 heteroatoms. The molecule has 0 radical (unpaired) electrons. The van der Waals surface area contributed by atoms with Gasteiger partial charge in [0.1, 0.15) is 5.65 Å². The van der Waals surface area contributed by atoms with Gasteiger partial charge in [-0.1, -0.05) is 29.8 Å². The minimum absolute atomic E-state index is 0.810. The fourth-order valence-electron chi connectivity index (χ4n) is 1.88. The third-order valence-electron chi connectivity index (χ3n) is 2.80. The topological polar surface area (TPSA) is 33.6 Å². The normalized spacial score (nSPS) is 11.1. The monoisotopic (exact) mass is 211 g/mol. The first kappa shape index (κ1) is 9.21. The number of hydrogen-bond donors (Lipinski definition) is 1. The Bertz CT molecular complexity index is 601. The number of aromatic amines is 1. The standard InChI is InChI=1S/C13H13N3/c1-10-2-4-11(5-3-10)9-16-13-12(8-15-16)6-7-14-13/h2-8,14H,9H2,1H3. The molecule has 0 amide bonds. The van der Waals surface area contributed by atoms with Gasteiger partial charge in [0.05, 0.1) is 12.7 Å². The quantitative estimate of drug-likeness (QED) is 0.694. The van der Waals surface area contributed by atoms with E-state index in [2.05, 4.69) is 41.3 Å². The van der Waals surface area contributed by atoms with E-state index in [1.807, 2.05) is 23.1 Å². The molecule has 0 aliphatic carbocycles. The van der Waals surface area contributed by atoms with Gasteiger partial charge in [0.15, 0.2) is 0 Å². The lowest BCUT2D eigenvalue weighted by Gasteiger charge is -2.03. The Kier molecular flexibility index (Phi) is 2.03. The third kappa shape index (κ3) is 1.50. The van der Waals surface area contributed by atoms with E-state index in [4.69, 9.17) is 0 Å². The fraction of sp³-hybridized carbons (Fsp3) is 0.154. The summed E-state index contributed by atoms with van der Waals surface area (Å²) in [6.07, 6.45) is 3.83. The van der Waals surface area contributed by atoms with E-state index in [1.54, 1.807) is 0 Å². The van der Waals surface area contributed by atoms with E-state index in [9.17, 15) is 0 Å². The van der Waals surface area contributed by atoms with Crippen LogP contribution in [0.4, 0.5) is 0 Å². The number of fused-ring (bicyclic) bond motifs is 1. The largest absolute Gasteiger partial charge is 0.346 e. The highest BCUT2D eigenvalue weighted by Crippen LogP contribution is 2.13. The van der Waals surface area contributed by atoms with Crippen molar-refractivity contribution < 1.29 is 0 Å². The maximum absolute atomic E-state index is 4.36. The van der Waals surface area contributed by atoms with Crippen molar-refractivity contribution >= 4 is 11.0 Å². The second-order valence-corrected chi connectivity index (χ2v) is 4.07. The molecule has 3 rings (SSSR count). The zero-order chi connectivity index (χ0) is 11.0.